The summed E-state index contributed by atoms with van der Waals surface area (Å²) >= 11 is 0. The van der Waals surface area contributed by atoms with Crippen LogP contribution in [-0.4, -0.2) is 71.6 Å². The lowest BCUT2D eigenvalue weighted by Gasteiger charge is -2.25. The third-order valence-corrected chi connectivity index (χ3v) is 6.97. The van der Waals surface area contributed by atoms with Gasteiger partial charge in [-0.25, -0.2) is 4.79 Å². The summed E-state index contributed by atoms with van der Waals surface area (Å²) in [5.74, 6) is -0.533. The van der Waals surface area contributed by atoms with Crippen molar-refractivity contribution in [1.29, 1.82) is 0 Å². The van der Waals surface area contributed by atoms with Gasteiger partial charge in [-0.05, 0) is 51.9 Å². The van der Waals surface area contributed by atoms with Gasteiger partial charge in [0, 0.05) is 12.5 Å². The largest absolute Gasteiger partial charge is 0.456 e. The normalized spacial score (nSPS) is 38.3. The van der Waals surface area contributed by atoms with Crippen LogP contribution in [0.3, 0.4) is 0 Å². The van der Waals surface area contributed by atoms with Gasteiger partial charge < -0.3 is 29.2 Å². The quantitative estimate of drug-likeness (QED) is 0.347. The predicted molar refractivity (Wildman–Crippen MR) is 136 cm³/mol. The second kappa shape index (κ2) is 13.0. The number of esters is 1. The molecule has 0 aromatic carbocycles. The van der Waals surface area contributed by atoms with Gasteiger partial charge in [0.25, 0.3) is 0 Å². The standard InChI is InChI=1S/C29H39O7/c1-19-6-3-7-21-8-4-9-22(34-21)10-5-11-28(32)35-26(18-27-29(36-27)25(31)17-19)24(30)13-12-23-16-20(2)14-15-33-23/h3-5,9,11-13,16,21-27,29-31H,1,6-8,10,14-15,17-18H2,2H3/b11-5-,13-12+/t21-,22+,23?,24+,25+,26?,27+,29+/m1/s1. The number of aliphatic hydroxyl groups excluding tert-OH is 2. The number of cyclic esters (lactones) is 1. The summed E-state index contributed by atoms with van der Waals surface area (Å²) in [4.78, 5) is 12.6. The Bertz CT molecular complexity index is 888. The van der Waals surface area contributed by atoms with Crippen molar-refractivity contribution >= 4 is 5.97 Å². The minimum Gasteiger partial charge on any atom is -0.456 e. The highest BCUT2D eigenvalue weighted by Crippen LogP contribution is 2.34. The van der Waals surface area contributed by atoms with E-state index < -0.39 is 24.3 Å². The lowest BCUT2D eigenvalue weighted by molar-refractivity contribution is -0.148. The third kappa shape index (κ3) is 8.25. The molecule has 7 heteroatoms. The van der Waals surface area contributed by atoms with Gasteiger partial charge in [-0.1, -0.05) is 54.2 Å². The molecule has 4 heterocycles. The topological polar surface area (TPSA) is 97.8 Å². The minimum absolute atomic E-state index is 0.0891. The molecular formula is C29H39O7. The van der Waals surface area contributed by atoms with Crippen LogP contribution in [0, 0.1) is 6.42 Å². The van der Waals surface area contributed by atoms with Gasteiger partial charge in [-0.15, -0.1) is 0 Å². The lowest BCUT2D eigenvalue weighted by atomic mass is 9.97. The monoisotopic (exact) mass is 499 g/mol. The van der Waals surface area contributed by atoms with Crippen molar-refractivity contribution in [1.82, 2.24) is 0 Å². The third-order valence-electron chi connectivity index (χ3n) is 6.97. The summed E-state index contributed by atoms with van der Waals surface area (Å²) in [6.07, 6.45) is 15.9. The maximum Gasteiger partial charge on any atom is 0.330 e. The van der Waals surface area contributed by atoms with E-state index in [4.69, 9.17) is 18.9 Å². The van der Waals surface area contributed by atoms with Crippen LogP contribution in [-0.2, 0) is 23.7 Å². The van der Waals surface area contributed by atoms with Crippen molar-refractivity contribution in [2.24, 2.45) is 0 Å². The summed E-state index contributed by atoms with van der Waals surface area (Å²) in [6, 6.07) is 0. The fourth-order valence-corrected chi connectivity index (χ4v) is 4.87. The lowest BCUT2D eigenvalue weighted by Crippen LogP contribution is -2.32. The van der Waals surface area contributed by atoms with Crippen molar-refractivity contribution in [3.63, 3.8) is 0 Å². The van der Waals surface area contributed by atoms with Gasteiger partial charge in [0.05, 0.1) is 37.1 Å². The Kier molecular flexibility index (Phi) is 9.73. The van der Waals surface area contributed by atoms with E-state index in [1.54, 1.807) is 18.2 Å². The maximum atomic E-state index is 12.6. The molecule has 36 heavy (non-hydrogen) atoms. The van der Waals surface area contributed by atoms with E-state index >= 15 is 0 Å². The molecule has 197 valence electrons. The van der Waals surface area contributed by atoms with Crippen molar-refractivity contribution in [2.75, 3.05) is 6.61 Å². The van der Waals surface area contributed by atoms with Crippen LogP contribution >= 0.6 is 0 Å². The number of rotatable bonds is 3. The van der Waals surface area contributed by atoms with Crippen molar-refractivity contribution < 1.29 is 34.0 Å². The smallest absolute Gasteiger partial charge is 0.330 e. The van der Waals surface area contributed by atoms with Gasteiger partial charge in [0.2, 0.25) is 0 Å². The van der Waals surface area contributed by atoms with Crippen LogP contribution in [0.2, 0.25) is 0 Å². The molecule has 2 unspecified atom stereocenters. The molecule has 4 aliphatic rings. The van der Waals surface area contributed by atoms with Crippen LogP contribution in [0.5, 0.6) is 0 Å². The molecule has 0 aliphatic carbocycles. The van der Waals surface area contributed by atoms with E-state index in [9.17, 15) is 15.0 Å². The van der Waals surface area contributed by atoms with Gasteiger partial charge in [0.1, 0.15) is 18.3 Å². The summed E-state index contributed by atoms with van der Waals surface area (Å²) < 4.78 is 23.2. The Morgan fingerprint density at radius 1 is 1.19 bits per heavy atom. The highest BCUT2D eigenvalue weighted by molar-refractivity contribution is 5.82. The average molecular weight is 500 g/mol. The zero-order valence-electron chi connectivity index (χ0n) is 21.0. The number of ether oxygens (including phenoxy) is 4. The van der Waals surface area contributed by atoms with Gasteiger partial charge >= 0.3 is 5.97 Å². The molecule has 0 aromatic heterocycles. The molecule has 1 radical (unpaired) electrons. The molecule has 7 nitrogen and oxygen atoms in total. The molecule has 2 N–H and O–H groups in total. The van der Waals surface area contributed by atoms with Crippen molar-refractivity contribution in [3.05, 3.63) is 66.7 Å². The van der Waals surface area contributed by atoms with Gasteiger partial charge in [0.15, 0.2) is 0 Å². The molecule has 4 aliphatic heterocycles. The van der Waals surface area contributed by atoms with E-state index in [0.29, 0.717) is 25.9 Å². The zero-order valence-corrected chi connectivity index (χ0v) is 21.0. The fourth-order valence-electron chi connectivity index (χ4n) is 4.87. The Morgan fingerprint density at radius 2 is 2.06 bits per heavy atom. The first-order valence-corrected chi connectivity index (χ1v) is 13.0. The number of aliphatic hydroxyl groups is 2. The second-order valence-corrected chi connectivity index (χ2v) is 10.2. The Labute approximate surface area is 214 Å². The highest BCUT2D eigenvalue weighted by atomic mass is 16.6. The summed E-state index contributed by atoms with van der Waals surface area (Å²) in [5.41, 5.74) is 2.18. The minimum atomic E-state index is -1.04. The predicted octanol–water partition coefficient (Wildman–Crippen LogP) is 3.67. The van der Waals surface area contributed by atoms with E-state index in [1.165, 1.54) is 11.6 Å². The highest BCUT2D eigenvalue weighted by Gasteiger charge is 2.46. The van der Waals surface area contributed by atoms with Crippen molar-refractivity contribution in [3.8, 4) is 0 Å². The van der Waals surface area contributed by atoms with Crippen LogP contribution < -0.4 is 0 Å². The number of carbonyl (C=O) groups is 1. The molecule has 0 spiro atoms. The maximum absolute atomic E-state index is 12.6. The second-order valence-electron chi connectivity index (χ2n) is 10.2. The molecule has 8 atom stereocenters. The van der Waals surface area contributed by atoms with Gasteiger partial charge in [-0.2, -0.15) is 0 Å². The first-order chi connectivity index (χ1) is 17.4. The Morgan fingerprint density at radius 3 is 2.89 bits per heavy atom. The molecule has 0 amide bonds. The molecular weight excluding hydrogens is 460 g/mol. The first kappa shape index (κ1) is 27.0. The Balaban J connectivity index is 1.44. The van der Waals surface area contributed by atoms with Gasteiger partial charge in [-0.3, -0.25) is 0 Å². The van der Waals surface area contributed by atoms with Crippen LogP contribution in [0.25, 0.3) is 0 Å². The number of fused-ring (bicyclic) bond motifs is 3. The number of hydrogen-bond acceptors (Lipinski definition) is 7. The number of carbonyl (C=O) groups excluding carboxylic acids is 1. The molecule has 4 rings (SSSR count). The van der Waals surface area contributed by atoms with Crippen LogP contribution in [0.15, 0.2) is 60.3 Å². The van der Waals surface area contributed by atoms with Crippen LogP contribution in [0.4, 0.5) is 0 Å². The summed E-state index contributed by atoms with van der Waals surface area (Å²) in [5, 5.41) is 21.5. The fraction of sp³-hybridized carbons (Fsp3) is 0.586. The number of hydrogen-bond donors (Lipinski definition) is 2. The summed E-state index contributed by atoms with van der Waals surface area (Å²) in [6.45, 7) is 6.80. The van der Waals surface area contributed by atoms with E-state index in [-0.39, 0.29) is 36.9 Å². The summed E-state index contributed by atoms with van der Waals surface area (Å²) in [7, 11) is 0. The molecule has 2 bridgehead atoms. The van der Waals surface area contributed by atoms with E-state index in [2.05, 4.69) is 26.0 Å². The molecule has 1 saturated heterocycles. The number of epoxide rings is 1. The van der Waals surface area contributed by atoms with E-state index in [1.807, 2.05) is 12.2 Å². The van der Waals surface area contributed by atoms with E-state index in [0.717, 1.165) is 24.8 Å². The Hall–Kier alpha value is -2.03. The average Bonchev–Trinajstić information content (AvgIpc) is 3.61. The SMILES string of the molecule is C=C1C[CH]C[C@@H]2CC=C[C@@H](C/C=C\C(=O)OC([C@@H](O)/C=C/C3C=C(C)CCO3)C[C@@H]3O[C@H]3[C@@H](O)C1)O2. The molecule has 0 aromatic rings. The zero-order chi connectivity index (χ0) is 25.5. The molecule has 0 saturated carbocycles. The first-order valence-electron chi connectivity index (χ1n) is 13.0. The molecule has 1 fully saturated rings. The van der Waals surface area contributed by atoms with Crippen molar-refractivity contribution in [2.45, 2.75) is 101 Å². The van der Waals surface area contributed by atoms with Crippen LogP contribution in [0.1, 0.15) is 51.9 Å².